The van der Waals surface area contributed by atoms with Crippen molar-refractivity contribution in [3.63, 3.8) is 0 Å². The molecular weight excluding hydrogens is 276 g/mol. The van der Waals surface area contributed by atoms with Gasteiger partial charge in [-0.1, -0.05) is 19.9 Å². The highest BCUT2D eigenvalue weighted by Crippen LogP contribution is 2.11. The molecule has 0 aromatic heterocycles. The van der Waals surface area contributed by atoms with Gasteiger partial charge in [-0.25, -0.2) is 8.78 Å². The van der Waals surface area contributed by atoms with E-state index in [1.54, 1.807) is 12.0 Å². The zero-order valence-electron chi connectivity index (χ0n) is 12.9. The number of hydrogen-bond acceptors (Lipinski definition) is 2. The molecule has 0 N–H and O–H groups in total. The van der Waals surface area contributed by atoms with Crippen molar-refractivity contribution in [1.82, 2.24) is 4.90 Å². The number of hydrogen-bond donors (Lipinski definition) is 0. The Balaban J connectivity index is 2.57. The first-order valence-corrected chi connectivity index (χ1v) is 7.14. The van der Waals surface area contributed by atoms with E-state index in [0.29, 0.717) is 37.6 Å². The fraction of sp³-hybridized carbons (Fsp3) is 0.562. The van der Waals surface area contributed by atoms with E-state index in [0.717, 1.165) is 12.1 Å². The Kier molecular flexibility index (Phi) is 7.29. The molecule has 0 aliphatic carbocycles. The van der Waals surface area contributed by atoms with Crippen molar-refractivity contribution < 1.29 is 18.3 Å². The van der Waals surface area contributed by atoms with Crippen molar-refractivity contribution in [2.75, 3.05) is 26.8 Å². The van der Waals surface area contributed by atoms with E-state index in [4.69, 9.17) is 4.74 Å². The van der Waals surface area contributed by atoms with Crippen molar-refractivity contribution in [2.45, 2.75) is 26.7 Å². The SMILES string of the molecule is COCCN(CC(C)C)C(=O)CCc1ccc(F)c(F)c1. The molecule has 0 aliphatic rings. The molecular formula is C16H23F2NO2. The third kappa shape index (κ3) is 6.21. The molecule has 0 radical (unpaired) electrons. The third-order valence-electron chi connectivity index (χ3n) is 3.12. The van der Waals surface area contributed by atoms with Crippen LogP contribution in [0.5, 0.6) is 0 Å². The number of halogens is 2. The number of amides is 1. The summed E-state index contributed by atoms with van der Waals surface area (Å²) in [6, 6.07) is 3.74. The van der Waals surface area contributed by atoms with Gasteiger partial charge in [-0.05, 0) is 30.0 Å². The largest absolute Gasteiger partial charge is 0.383 e. The minimum absolute atomic E-state index is 0.00508. The van der Waals surface area contributed by atoms with Gasteiger partial charge in [0, 0.05) is 26.6 Å². The van der Waals surface area contributed by atoms with Crippen LogP contribution < -0.4 is 0 Å². The maximum absolute atomic E-state index is 13.1. The molecule has 1 aromatic carbocycles. The summed E-state index contributed by atoms with van der Waals surface area (Å²) in [5.74, 6) is -1.37. The Labute approximate surface area is 124 Å². The second-order valence-corrected chi connectivity index (χ2v) is 5.47. The fourth-order valence-electron chi connectivity index (χ4n) is 2.06. The van der Waals surface area contributed by atoms with Crippen molar-refractivity contribution >= 4 is 5.91 Å². The zero-order chi connectivity index (χ0) is 15.8. The van der Waals surface area contributed by atoms with E-state index in [1.165, 1.54) is 6.07 Å². The summed E-state index contributed by atoms with van der Waals surface area (Å²) in [6.07, 6.45) is 0.680. The summed E-state index contributed by atoms with van der Waals surface area (Å²) in [5.41, 5.74) is 0.624. The van der Waals surface area contributed by atoms with E-state index in [2.05, 4.69) is 0 Å². The summed E-state index contributed by atoms with van der Waals surface area (Å²) in [5, 5.41) is 0. The number of methoxy groups -OCH3 is 1. The van der Waals surface area contributed by atoms with Gasteiger partial charge >= 0.3 is 0 Å². The van der Waals surface area contributed by atoms with Crippen LogP contribution in [0.3, 0.4) is 0 Å². The molecule has 0 fully saturated rings. The quantitative estimate of drug-likeness (QED) is 0.738. The van der Waals surface area contributed by atoms with Crippen LogP contribution in [0.4, 0.5) is 8.78 Å². The standard InChI is InChI=1S/C16H23F2NO2/c1-12(2)11-19(8-9-21-3)16(20)7-5-13-4-6-14(17)15(18)10-13/h4,6,10,12H,5,7-9,11H2,1-3H3. The summed E-state index contributed by atoms with van der Waals surface area (Å²) < 4.78 is 31.0. The molecule has 0 bridgehead atoms. The van der Waals surface area contributed by atoms with E-state index >= 15 is 0 Å². The number of ether oxygens (including phenoxy) is 1. The first-order valence-electron chi connectivity index (χ1n) is 7.14. The third-order valence-corrected chi connectivity index (χ3v) is 3.12. The molecule has 1 amide bonds. The van der Waals surface area contributed by atoms with Crippen LogP contribution in [0.25, 0.3) is 0 Å². The Bertz CT molecular complexity index is 464. The average molecular weight is 299 g/mol. The number of carbonyl (C=O) groups is 1. The Morgan fingerprint density at radius 3 is 2.57 bits per heavy atom. The summed E-state index contributed by atoms with van der Waals surface area (Å²) in [4.78, 5) is 14.0. The monoisotopic (exact) mass is 299 g/mol. The lowest BCUT2D eigenvalue weighted by Gasteiger charge is -2.24. The van der Waals surface area contributed by atoms with E-state index in [-0.39, 0.29) is 12.3 Å². The van der Waals surface area contributed by atoms with Gasteiger partial charge in [-0.2, -0.15) is 0 Å². The summed E-state index contributed by atoms with van der Waals surface area (Å²) in [7, 11) is 1.60. The van der Waals surface area contributed by atoms with Crippen molar-refractivity contribution in [3.05, 3.63) is 35.4 Å². The van der Waals surface area contributed by atoms with Gasteiger partial charge in [0.25, 0.3) is 0 Å². The maximum Gasteiger partial charge on any atom is 0.222 e. The minimum Gasteiger partial charge on any atom is -0.383 e. The van der Waals surface area contributed by atoms with Crippen molar-refractivity contribution in [2.24, 2.45) is 5.92 Å². The lowest BCUT2D eigenvalue weighted by molar-refractivity contribution is -0.132. The normalized spacial score (nSPS) is 11.0. The second-order valence-electron chi connectivity index (χ2n) is 5.47. The van der Waals surface area contributed by atoms with Gasteiger partial charge in [0.15, 0.2) is 11.6 Å². The first kappa shape index (κ1) is 17.6. The highest BCUT2D eigenvalue weighted by Gasteiger charge is 2.15. The lowest BCUT2D eigenvalue weighted by atomic mass is 10.1. The molecule has 0 unspecified atom stereocenters. The molecule has 118 valence electrons. The molecule has 0 heterocycles. The van der Waals surface area contributed by atoms with Gasteiger partial charge in [0.05, 0.1) is 6.61 Å². The van der Waals surface area contributed by atoms with Crippen LogP contribution in [-0.2, 0) is 16.0 Å². The Morgan fingerprint density at radius 1 is 1.29 bits per heavy atom. The molecule has 0 saturated carbocycles. The molecule has 0 spiro atoms. The number of carbonyl (C=O) groups excluding carboxylic acids is 1. The number of rotatable bonds is 8. The van der Waals surface area contributed by atoms with E-state index in [1.807, 2.05) is 13.8 Å². The number of nitrogens with zero attached hydrogens (tertiary/aromatic N) is 1. The molecule has 3 nitrogen and oxygen atoms in total. The average Bonchev–Trinajstić information content (AvgIpc) is 2.44. The molecule has 1 aromatic rings. The Morgan fingerprint density at radius 2 is 2.00 bits per heavy atom. The fourth-order valence-corrected chi connectivity index (χ4v) is 2.06. The van der Waals surface area contributed by atoms with Gasteiger partial charge in [0.1, 0.15) is 0 Å². The maximum atomic E-state index is 13.1. The van der Waals surface area contributed by atoms with Crippen molar-refractivity contribution in [3.8, 4) is 0 Å². The minimum atomic E-state index is -0.877. The van der Waals surface area contributed by atoms with Gasteiger partial charge in [-0.15, -0.1) is 0 Å². The van der Waals surface area contributed by atoms with Gasteiger partial charge in [-0.3, -0.25) is 4.79 Å². The highest BCUT2D eigenvalue weighted by molar-refractivity contribution is 5.76. The molecule has 0 saturated heterocycles. The van der Waals surface area contributed by atoms with Gasteiger partial charge in [0.2, 0.25) is 5.91 Å². The molecule has 21 heavy (non-hydrogen) atoms. The molecule has 5 heteroatoms. The topological polar surface area (TPSA) is 29.5 Å². The predicted molar refractivity (Wildman–Crippen MR) is 78.0 cm³/mol. The summed E-state index contributed by atoms with van der Waals surface area (Å²) >= 11 is 0. The number of benzene rings is 1. The molecule has 1 rings (SSSR count). The summed E-state index contributed by atoms with van der Waals surface area (Å²) in [6.45, 7) is 5.79. The van der Waals surface area contributed by atoms with Crippen LogP contribution in [0.15, 0.2) is 18.2 Å². The van der Waals surface area contributed by atoms with Crippen LogP contribution >= 0.6 is 0 Å². The Hall–Kier alpha value is -1.49. The van der Waals surface area contributed by atoms with E-state index in [9.17, 15) is 13.6 Å². The predicted octanol–water partition coefficient (Wildman–Crippen LogP) is 3.03. The zero-order valence-corrected chi connectivity index (χ0v) is 12.9. The van der Waals surface area contributed by atoms with Crippen LogP contribution in [0, 0.1) is 17.6 Å². The van der Waals surface area contributed by atoms with Crippen LogP contribution in [-0.4, -0.2) is 37.6 Å². The molecule has 0 atom stereocenters. The number of aryl methyl sites for hydroxylation is 1. The van der Waals surface area contributed by atoms with Crippen molar-refractivity contribution in [1.29, 1.82) is 0 Å². The van der Waals surface area contributed by atoms with E-state index < -0.39 is 11.6 Å². The lowest BCUT2D eigenvalue weighted by Crippen LogP contribution is -2.36. The van der Waals surface area contributed by atoms with Crippen LogP contribution in [0.2, 0.25) is 0 Å². The second kappa shape index (κ2) is 8.72. The first-order chi connectivity index (χ1) is 9.93. The molecule has 0 aliphatic heterocycles. The highest BCUT2D eigenvalue weighted by atomic mass is 19.2. The van der Waals surface area contributed by atoms with Gasteiger partial charge < -0.3 is 9.64 Å². The van der Waals surface area contributed by atoms with Crippen LogP contribution in [0.1, 0.15) is 25.8 Å². The smallest absolute Gasteiger partial charge is 0.222 e.